The SMILES string of the molecule is O=C(Nc1nnc(-c2cccs2)o1)c1cc2ccccc2o1. The van der Waals surface area contributed by atoms with E-state index in [4.69, 9.17) is 8.83 Å². The van der Waals surface area contributed by atoms with Gasteiger partial charge in [0.05, 0.1) is 4.88 Å². The first kappa shape index (κ1) is 12.8. The topological polar surface area (TPSA) is 81.2 Å². The Morgan fingerprint density at radius 1 is 1.09 bits per heavy atom. The lowest BCUT2D eigenvalue weighted by Gasteiger charge is -1.95. The van der Waals surface area contributed by atoms with Gasteiger partial charge in [0.2, 0.25) is 0 Å². The molecule has 0 saturated heterocycles. The summed E-state index contributed by atoms with van der Waals surface area (Å²) in [5.74, 6) is 0.129. The van der Waals surface area contributed by atoms with Crippen LogP contribution in [0, 0.1) is 0 Å². The van der Waals surface area contributed by atoms with Gasteiger partial charge in [-0.1, -0.05) is 29.4 Å². The maximum Gasteiger partial charge on any atom is 0.322 e. The minimum atomic E-state index is -0.433. The number of anilines is 1. The number of nitrogens with zero attached hydrogens (tertiary/aromatic N) is 2. The number of hydrogen-bond acceptors (Lipinski definition) is 6. The van der Waals surface area contributed by atoms with Gasteiger partial charge in [0.25, 0.3) is 11.8 Å². The number of carbonyl (C=O) groups is 1. The van der Waals surface area contributed by atoms with E-state index in [0.717, 1.165) is 10.3 Å². The second-order valence-corrected chi connectivity index (χ2v) is 5.44. The first-order valence-electron chi connectivity index (χ1n) is 6.47. The van der Waals surface area contributed by atoms with E-state index >= 15 is 0 Å². The third-order valence-electron chi connectivity index (χ3n) is 3.03. The van der Waals surface area contributed by atoms with Crippen LogP contribution in [0.2, 0.25) is 0 Å². The molecule has 1 N–H and O–H groups in total. The molecule has 0 fully saturated rings. The molecule has 22 heavy (non-hydrogen) atoms. The van der Waals surface area contributed by atoms with Crippen LogP contribution >= 0.6 is 11.3 Å². The van der Waals surface area contributed by atoms with Gasteiger partial charge < -0.3 is 8.83 Å². The van der Waals surface area contributed by atoms with E-state index in [-0.39, 0.29) is 11.8 Å². The van der Waals surface area contributed by atoms with Crippen molar-refractivity contribution < 1.29 is 13.6 Å². The smallest absolute Gasteiger partial charge is 0.322 e. The van der Waals surface area contributed by atoms with E-state index in [2.05, 4.69) is 15.5 Å². The number of amides is 1. The molecule has 7 heteroatoms. The lowest BCUT2D eigenvalue weighted by Crippen LogP contribution is -2.10. The molecule has 3 aromatic heterocycles. The average molecular weight is 311 g/mol. The number of furan rings is 1. The normalized spacial score (nSPS) is 10.9. The minimum absolute atomic E-state index is 0.0360. The Kier molecular flexibility index (Phi) is 2.97. The molecule has 0 aliphatic carbocycles. The molecule has 0 aliphatic heterocycles. The van der Waals surface area contributed by atoms with Gasteiger partial charge >= 0.3 is 6.01 Å². The monoisotopic (exact) mass is 311 g/mol. The van der Waals surface area contributed by atoms with E-state index in [0.29, 0.717) is 11.5 Å². The standard InChI is InChI=1S/C15H9N3O3S/c19-13(11-8-9-4-1-2-5-10(9)20-11)16-15-18-17-14(21-15)12-6-3-7-22-12/h1-8H,(H,16,18,19). The number of fused-ring (bicyclic) bond motifs is 1. The highest BCUT2D eigenvalue weighted by Crippen LogP contribution is 2.25. The van der Waals surface area contributed by atoms with Crippen LogP contribution in [0.25, 0.3) is 21.7 Å². The largest absolute Gasteiger partial charge is 0.451 e. The summed E-state index contributed by atoms with van der Waals surface area (Å²) >= 11 is 1.48. The highest BCUT2D eigenvalue weighted by atomic mass is 32.1. The fourth-order valence-corrected chi connectivity index (χ4v) is 2.67. The summed E-state index contributed by atoms with van der Waals surface area (Å²) < 4.78 is 10.9. The predicted molar refractivity (Wildman–Crippen MR) is 81.8 cm³/mol. The first-order chi connectivity index (χ1) is 10.8. The Bertz CT molecular complexity index is 907. The van der Waals surface area contributed by atoms with Gasteiger partial charge in [-0.15, -0.1) is 16.4 Å². The zero-order valence-corrected chi connectivity index (χ0v) is 12.0. The molecule has 6 nitrogen and oxygen atoms in total. The van der Waals surface area contributed by atoms with Gasteiger partial charge in [-0.05, 0) is 23.6 Å². The second-order valence-electron chi connectivity index (χ2n) is 4.49. The summed E-state index contributed by atoms with van der Waals surface area (Å²) in [6.07, 6.45) is 0. The number of aromatic nitrogens is 2. The Morgan fingerprint density at radius 2 is 2.00 bits per heavy atom. The van der Waals surface area contributed by atoms with Crippen molar-refractivity contribution >= 4 is 34.2 Å². The fraction of sp³-hybridized carbons (Fsp3) is 0. The summed E-state index contributed by atoms with van der Waals surface area (Å²) in [5.41, 5.74) is 0.650. The molecule has 3 heterocycles. The van der Waals surface area contributed by atoms with E-state index in [9.17, 15) is 4.79 Å². The van der Waals surface area contributed by atoms with Crippen LogP contribution in [0.15, 0.2) is 56.7 Å². The molecule has 0 unspecified atom stereocenters. The number of benzene rings is 1. The van der Waals surface area contributed by atoms with Gasteiger partial charge in [-0.3, -0.25) is 10.1 Å². The Morgan fingerprint density at radius 3 is 2.82 bits per heavy atom. The van der Waals surface area contributed by atoms with Crippen LogP contribution in [0.1, 0.15) is 10.6 Å². The molecule has 0 spiro atoms. The second kappa shape index (κ2) is 5.12. The van der Waals surface area contributed by atoms with Crippen molar-refractivity contribution in [2.45, 2.75) is 0 Å². The lowest BCUT2D eigenvalue weighted by molar-refractivity contribution is 0.0996. The summed E-state index contributed by atoms with van der Waals surface area (Å²) in [7, 11) is 0. The molecule has 4 rings (SSSR count). The molecule has 1 aromatic carbocycles. The Labute approximate surface area is 128 Å². The molecule has 0 saturated carbocycles. The van der Waals surface area contributed by atoms with Crippen LogP contribution in [0.5, 0.6) is 0 Å². The maximum atomic E-state index is 12.1. The van der Waals surface area contributed by atoms with E-state index in [1.54, 1.807) is 12.1 Å². The molecule has 0 aliphatic rings. The molecular formula is C15H9N3O3S. The van der Waals surface area contributed by atoms with Crippen LogP contribution in [0.3, 0.4) is 0 Å². The van der Waals surface area contributed by atoms with Crippen molar-refractivity contribution in [3.8, 4) is 10.8 Å². The van der Waals surface area contributed by atoms with Gasteiger partial charge in [0, 0.05) is 5.39 Å². The van der Waals surface area contributed by atoms with Gasteiger partial charge in [0.1, 0.15) is 5.58 Å². The molecule has 0 bridgehead atoms. The summed E-state index contributed by atoms with van der Waals surface area (Å²) in [5, 5.41) is 13.0. The number of rotatable bonds is 3. The van der Waals surface area contributed by atoms with Crippen LogP contribution in [0.4, 0.5) is 6.01 Å². The first-order valence-corrected chi connectivity index (χ1v) is 7.35. The Balaban J connectivity index is 1.56. The van der Waals surface area contributed by atoms with Gasteiger partial charge in [-0.2, -0.15) is 0 Å². The molecular weight excluding hydrogens is 302 g/mol. The van der Waals surface area contributed by atoms with Crippen molar-refractivity contribution in [2.75, 3.05) is 5.32 Å². The maximum absolute atomic E-state index is 12.1. The Hall–Kier alpha value is -2.93. The number of para-hydroxylation sites is 1. The number of hydrogen-bond donors (Lipinski definition) is 1. The molecule has 0 atom stereocenters. The summed E-state index contributed by atoms with van der Waals surface area (Å²) in [6.45, 7) is 0. The van der Waals surface area contributed by atoms with E-state index < -0.39 is 5.91 Å². The average Bonchev–Trinajstić information content (AvgIpc) is 3.26. The molecule has 0 radical (unpaired) electrons. The number of carbonyl (C=O) groups excluding carboxylic acids is 1. The predicted octanol–water partition coefficient (Wildman–Crippen LogP) is 3.80. The van der Waals surface area contributed by atoms with Crippen molar-refractivity contribution in [3.05, 3.63) is 53.6 Å². The van der Waals surface area contributed by atoms with E-state index in [1.165, 1.54) is 11.3 Å². The number of nitrogens with one attached hydrogen (secondary N) is 1. The van der Waals surface area contributed by atoms with Crippen LogP contribution in [-0.4, -0.2) is 16.1 Å². The van der Waals surface area contributed by atoms with Gasteiger partial charge in [0.15, 0.2) is 5.76 Å². The van der Waals surface area contributed by atoms with Crippen molar-refractivity contribution in [1.29, 1.82) is 0 Å². The highest BCUT2D eigenvalue weighted by Gasteiger charge is 2.16. The third kappa shape index (κ3) is 2.27. The molecule has 4 aromatic rings. The third-order valence-corrected chi connectivity index (χ3v) is 3.88. The molecule has 108 valence electrons. The summed E-state index contributed by atoms with van der Waals surface area (Å²) in [6, 6.07) is 12.9. The zero-order chi connectivity index (χ0) is 14.9. The van der Waals surface area contributed by atoms with Crippen molar-refractivity contribution in [3.63, 3.8) is 0 Å². The molecule has 1 amide bonds. The zero-order valence-electron chi connectivity index (χ0n) is 11.1. The summed E-state index contributed by atoms with van der Waals surface area (Å²) in [4.78, 5) is 13.0. The number of thiophene rings is 1. The van der Waals surface area contributed by atoms with E-state index in [1.807, 2.05) is 35.7 Å². The minimum Gasteiger partial charge on any atom is -0.451 e. The quantitative estimate of drug-likeness (QED) is 0.622. The van der Waals surface area contributed by atoms with Crippen LogP contribution in [-0.2, 0) is 0 Å². The van der Waals surface area contributed by atoms with Crippen molar-refractivity contribution in [1.82, 2.24) is 10.2 Å². The van der Waals surface area contributed by atoms with Gasteiger partial charge in [-0.25, -0.2) is 0 Å². The highest BCUT2D eigenvalue weighted by molar-refractivity contribution is 7.13. The fourth-order valence-electron chi connectivity index (χ4n) is 2.03. The van der Waals surface area contributed by atoms with Crippen LogP contribution < -0.4 is 5.32 Å². The van der Waals surface area contributed by atoms with Crippen molar-refractivity contribution in [2.24, 2.45) is 0 Å². The lowest BCUT2D eigenvalue weighted by atomic mass is 10.2.